The first-order valence-electron chi connectivity index (χ1n) is 9.56. The quantitative estimate of drug-likeness (QED) is 0.415. The fourth-order valence-corrected chi connectivity index (χ4v) is 4.15. The molecule has 4 nitrogen and oxygen atoms in total. The molecular weight excluding hydrogens is 392 g/mol. The number of ketones is 1. The second kappa shape index (κ2) is 8.43. The summed E-state index contributed by atoms with van der Waals surface area (Å²) in [5, 5.41) is 3.38. The van der Waals surface area contributed by atoms with Crippen LogP contribution in [0.2, 0.25) is 0 Å². The number of hydrogen-bond acceptors (Lipinski definition) is 4. The van der Waals surface area contributed by atoms with E-state index in [0.29, 0.717) is 21.8 Å². The van der Waals surface area contributed by atoms with Gasteiger partial charge in [0.05, 0.1) is 4.88 Å². The maximum atomic E-state index is 12.6. The van der Waals surface area contributed by atoms with Gasteiger partial charge < -0.3 is 0 Å². The number of carbonyl (C=O) groups excluding carboxylic acids is 2. The third-order valence-electron chi connectivity index (χ3n) is 4.82. The first kappa shape index (κ1) is 19.7. The van der Waals surface area contributed by atoms with Crippen LogP contribution in [0, 0.1) is 13.8 Å². The largest absolute Gasteiger partial charge is 0.298 e. The van der Waals surface area contributed by atoms with E-state index in [1.807, 2.05) is 18.2 Å². The van der Waals surface area contributed by atoms with Crippen molar-refractivity contribution in [2.75, 3.05) is 5.32 Å². The van der Waals surface area contributed by atoms with Crippen LogP contribution in [-0.2, 0) is 0 Å². The molecule has 0 spiro atoms. The fraction of sp³-hybridized carbons (Fsp3) is 0.0800. The maximum absolute atomic E-state index is 12.6. The molecule has 4 rings (SSSR count). The van der Waals surface area contributed by atoms with E-state index >= 15 is 0 Å². The van der Waals surface area contributed by atoms with E-state index in [9.17, 15) is 9.59 Å². The first-order valence-corrected chi connectivity index (χ1v) is 10.4. The number of aryl methyl sites for hydroxylation is 2. The molecule has 0 saturated heterocycles. The van der Waals surface area contributed by atoms with Gasteiger partial charge in [-0.05, 0) is 37.1 Å². The molecule has 1 amide bonds. The van der Waals surface area contributed by atoms with Gasteiger partial charge in [0.1, 0.15) is 0 Å². The number of rotatable bonds is 5. The summed E-state index contributed by atoms with van der Waals surface area (Å²) in [4.78, 5) is 30.4. The van der Waals surface area contributed by atoms with Gasteiger partial charge >= 0.3 is 0 Å². The lowest BCUT2D eigenvalue weighted by Gasteiger charge is -2.05. The molecule has 1 aromatic heterocycles. The third-order valence-corrected chi connectivity index (χ3v) is 5.76. The zero-order chi connectivity index (χ0) is 21.1. The highest BCUT2D eigenvalue weighted by Crippen LogP contribution is 2.31. The summed E-state index contributed by atoms with van der Waals surface area (Å²) in [7, 11) is 0. The molecule has 0 aliphatic heterocycles. The molecule has 0 saturated carbocycles. The lowest BCUT2D eigenvalue weighted by Crippen LogP contribution is -2.12. The van der Waals surface area contributed by atoms with E-state index in [2.05, 4.69) is 42.3 Å². The molecule has 0 aliphatic rings. The predicted octanol–water partition coefficient (Wildman–Crippen LogP) is 5.91. The van der Waals surface area contributed by atoms with Crippen molar-refractivity contribution >= 4 is 28.2 Å². The number of thiazole rings is 1. The zero-order valence-corrected chi connectivity index (χ0v) is 17.5. The van der Waals surface area contributed by atoms with Crippen LogP contribution in [0.3, 0.4) is 0 Å². The second-order valence-corrected chi connectivity index (χ2v) is 8.11. The van der Waals surface area contributed by atoms with Crippen LogP contribution in [0.25, 0.3) is 10.4 Å². The minimum atomic E-state index is -0.254. The summed E-state index contributed by atoms with van der Waals surface area (Å²) in [5.74, 6) is -0.323. The Kier molecular flexibility index (Phi) is 5.55. The Labute approximate surface area is 179 Å². The molecule has 0 unspecified atom stereocenters. The van der Waals surface area contributed by atoms with Gasteiger partial charge in [0.15, 0.2) is 10.9 Å². The van der Waals surface area contributed by atoms with Crippen LogP contribution in [0.15, 0.2) is 79.0 Å². The Morgan fingerprint density at radius 1 is 0.833 bits per heavy atom. The monoisotopic (exact) mass is 412 g/mol. The van der Waals surface area contributed by atoms with Crippen LogP contribution in [-0.4, -0.2) is 16.7 Å². The Morgan fingerprint density at radius 3 is 2.20 bits per heavy atom. The van der Waals surface area contributed by atoms with Crippen LogP contribution >= 0.6 is 11.3 Å². The molecule has 30 heavy (non-hydrogen) atoms. The van der Waals surface area contributed by atoms with Crippen molar-refractivity contribution in [3.05, 3.63) is 107 Å². The minimum Gasteiger partial charge on any atom is -0.298 e. The van der Waals surface area contributed by atoms with Gasteiger partial charge in [-0.15, -0.1) is 0 Å². The molecule has 3 aromatic carbocycles. The Bertz CT molecular complexity index is 1210. The molecule has 148 valence electrons. The van der Waals surface area contributed by atoms with E-state index in [-0.39, 0.29) is 11.7 Å². The minimum absolute atomic E-state index is 0.0689. The van der Waals surface area contributed by atoms with Gasteiger partial charge in [0.2, 0.25) is 0 Å². The van der Waals surface area contributed by atoms with Gasteiger partial charge in [-0.3, -0.25) is 14.9 Å². The van der Waals surface area contributed by atoms with Crippen molar-refractivity contribution in [1.82, 2.24) is 4.98 Å². The summed E-state index contributed by atoms with van der Waals surface area (Å²) < 4.78 is 0. The summed E-state index contributed by atoms with van der Waals surface area (Å²) in [6.07, 6.45) is 1.78. The SMILES string of the molecule is Cc1ccc(-c2cnc(NC(=O)c3ccc(C(=O)c4ccccc4)cc3)s2)c(C)c1. The highest BCUT2D eigenvalue weighted by Gasteiger charge is 2.13. The maximum Gasteiger partial charge on any atom is 0.257 e. The van der Waals surface area contributed by atoms with Gasteiger partial charge in [0, 0.05) is 22.9 Å². The molecule has 4 aromatic rings. The van der Waals surface area contributed by atoms with Crippen LogP contribution in [0.5, 0.6) is 0 Å². The Morgan fingerprint density at radius 2 is 1.50 bits per heavy atom. The number of carbonyl (C=O) groups is 2. The lowest BCUT2D eigenvalue weighted by atomic mass is 10.0. The summed E-state index contributed by atoms with van der Waals surface area (Å²) in [5.41, 5.74) is 5.14. The second-order valence-electron chi connectivity index (χ2n) is 7.07. The zero-order valence-electron chi connectivity index (χ0n) is 16.7. The standard InChI is InChI=1S/C25H20N2O2S/c1-16-8-13-21(17(2)14-16)22-15-26-25(30-22)27-24(29)20-11-9-19(10-12-20)23(28)18-6-4-3-5-7-18/h3-15H,1-2H3,(H,26,27,29). The van der Waals surface area contributed by atoms with E-state index in [1.165, 1.54) is 22.5 Å². The number of anilines is 1. The van der Waals surface area contributed by atoms with Crippen molar-refractivity contribution in [3.63, 3.8) is 0 Å². The van der Waals surface area contributed by atoms with E-state index in [0.717, 1.165) is 10.4 Å². The molecule has 0 bridgehead atoms. The van der Waals surface area contributed by atoms with Gasteiger partial charge in [0.25, 0.3) is 5.91 Å². The van der Waals surface area contributed by atoms with Crippen molar-refractivity contribution in [3.8, 4) is 10.4 Å². The molecule has 1 heterocycles. The topological polar surface area (TPSA) is 59.1 Å². The van der Waals surface area contributed by atoms with E-state index in [4.69, 9.17) is 0 Å². The number of amides is 1. The van der Waals surface area contributed by atoms with Gasteiger partial charge in [-0.2, -0.15) is 0 Å². The molecule has 0 aliphatic carbocycles. The van der Waals surface area contributed by atoms with E-state index < -0.39 is 0 Å². The van der Waals surface area contributed by atoms with Crippen molar-refractivity contribution in [2.24, 2.45) is 0 Å². The first-order chi connectivity index (χ1) is 14.5. The van der Waals surface area contributed by atoms with Gasteiger partial charge in [-0.25, -0.2) is 4.98 Å². The van der Waals surface area contributed by atoms with Crippen LogP contribution < -0.4 is 5.32 Å². The molecule has 0 radical (unpaired) electrons. The Balaban J connectivity index is 1.47. The van der Waals surface area contributed by atoms with Crippen molar-refractivity contribution in [1.29, 1.82) is 0 Å². The highest BCUT2D eigenvalue weighted by atomic mass is 32.1. The summed E-state index contributed by atoms with van der Waals surface area (Å²) in [6.45, 7) is 4.13. The lowest BCUT2D eigenvalue weighted by molar-refractivity contribution is 0.102. The number of benzene rings is 3. The molecule has 5 heteroatoms. The fourth-order valence-electron chi connectivity index (χ4n) is 3.24. The molecule has 1 N–H and O–H groups in total. The van der Waals surface area contributed by atoms with Crippen molar-refractivity contribution < 1.29 is 9.59 Å². The Hall–Kier alpha value is -3.57. The number of hydrogen-bond donors (Lipinski definition) is 1. The average Bonchev–Trinajstić information content (AvgIpc) is 3.22. The summed E-state index contributed by atoms with van der Waals surface area (Å²) >= 11 is 1.44. The third kappa shape index (κ3) is 4.21. The van der Waals surface area contributed by atoms with Gasteiger partial charge in [-0.1, -0.05) is 77.6 Å². The molecule has 0 atom stereocenters. The van der Waals surface area contributed by atoms with Crippen LogP contribution in [0.1, 0.15) is 37.4 Å². The van der Waals surface area contributed by atoms with E-state index in [1.54, 1.807) is 42.6 Å². The number of nitrogens with zero attached hydrogens (tertiary/aromatic N) is 1. The highest BCUT2D eigenvalue weighted by molar-refractivity contribution is 7.19. The predicted molar refractivity (Wildman–Crippen MR) is 121 cm³/mol. The molecule has 0 fully saturated rings. The smallest absolute Gasteiger partial charge is 0.257 e. The summed E-state index contributed by atoms with van der Waals surface area (Å²) in [6, 6.07) is 22.0. The average molecular weight is 413 g/mol. The molecular formula is C25H20N2O2S. The number of nitrogens with one attached hydrogen (secondary N) is 1. The van der Waals surface area contributed by atoms with Crippen molar-refractivity contribution in [2.45, 2.75) is 13.8 Å². The number of aromatic nitrogens is 1. The normalized spacial score (nSPS) is 10.6. The van der Waals surface area contributed by atoms with Crippen LogP contribution in [0.4, 0.5) is 5.13 Å².